The van der Waals surface area contributed by atoms with Gasteiger partial charge in [0.15, 0.2) is 0 Å². The number of rotatable bonds is 5. The molecule has 1 unspecified atom stereocenters. The topological polar surface area (TPSA) is 66.8 Å². The number of carbonyl (C=O) groups is 2. The minimum Gasteiger partial charge on any atom is -0.507 e. The van der Waals surface area contributed by atoms with Crippen LogP contribution >= 0.6 is 0 Å². The van der Waals surface area contributed by atoms with Crippen molar-refractivity contribution < 1.29 is 23.8 Å². The van der Waals surface area contributed by atoms with Crippen LogP contribution in [0.25, 0.3) is 5.76 Å². The Hall–Kier alpha value is -3.93. The summed E-state index contributed by atoms with van der Waals surface area (Å²) in [6.07, 6.45) is 0. The van der Waals surface area contributed by atoms with E-state index in [4.69, 9.17) is 4.74 Å². The molecule has 5 nitrogen and oxygen atoms in total. The maximum Gasteiger partial charge on any atom is 0.300 e. The molecule has 6 heteroatoms. The number of Topliss-reactive ketones (excluding diaryl/α,β-unsaturated/α-hetero) is 1. The monoisotopic (exact) mass is 487 g/mol. The number of hydrogen-bond donors (Lipinski definition) is 1. The average molecular weight is 488 g/mol. The molecule has 0 aliphatic carbocycles. The summed E-state index contributed by atoms with van der Waals surface area (Å²) in [5, 5.41) is 11.5. The van der Waals surface area contributed by atoms with Crippen LogP contribution in [-0.4, -0.2) is 23.4 Å². The summed E-state index contributed by atoms with van der Waals surface area (Å²) in [5.74, 6) is -1.58. The fourth-order valence-electron chi connectivity index (χ4n) is 4.54. The number of carbonyl (C=O) groups excluding carboxylic acids is 2. The highest BCUT2D eigenvalue weighted by atomic mass is 19.1. The van der Waals surface area contributed by atoms with Gasteiger partial charge in [-0.05, 0) is 72.9 Å². The molecule has 186 valence electrons. The molecule has 0 bridgehead atoms. The van der Waals surface area contributed by atoms with Crippen molar-refractivity contribution in [3.63, 3.8) is 0 Å². The van der Waals surface area contributed by atoms with Crippen LogP contribution in [0.5, 0.6) is 5.75 Å². The lowest BCUT2D eigenvalue weighted by Crippen LogP contribution is -2.29. The third-order valence-corrected chi connectivity index (χ3v) is 6.27. The Balaban J connectivity index is 1.95. The molecule has 1 aliphatic rings. The van der Waals surface area contributed by atoms with Gasteiger partial charge in [0.25, 0.3) is 11.7 Å². The van der Waals surface area contributed by atoms with E-state index in [1.807, 2.05) is 40.7 Å². The van der Waals surface area contributed by atoms with Crippen molar-refractivity contribution in [1.29, 1.82) is 0 Å². The van der Waals surface area contributed by atoms with Gasteiger partial charge in [-0.1, -0.05) is 45.0 Å². The Labute approximate surface area is 210 Å². The summed E-state index contributed by atoms with van der Waals surface area (Å²) in [5.41, 5.74) is 2.86. The van der Waals surface area contributed by atoms with Gasteiger partial charge in [-0.15, -0.1) is 0 Å². The zero-order valence-corrected chi connectivity index (χ0v) is 21.1. The zero-order chi connectivity index (χ0) is 26.2. The van der Waals surface area contributed by atoms with Crippen molar-refractivity contribution in [2.24, 2.45) is 0 Å². The van der Waals surface area contributed by atoms with Gasteiger partial charge in [-0.3, -0.25) is 14.5 Å². The molecule has 1 aliphatic heterocycles. The second-order valence-corrected chi connectivity index (χ2v) is 9.95. The second kappa shape index (κ2) is 9.61. The van der Waals surface area contributed by atoms with Crippen LogP contribution in [0.3, 0.4) is 0 Å². The Morgan fingerprint density at radius 3 is 2.33 bits per heavy atom. The molecular weight excluding hydrogens is 457 g/mol. The summed E-state index contributed by atoms with van der Waals surface area (Å²) in [6.45, 7) is 10.4. The highest BCUT2D eigenvalue weighted by Crippen LogP contribution is 2.43. The Bertz CT molecular complexity index is 1350. The molecule has 36 heavy (non-hydrogen) atoms. The van der Waals surface area contributed by atoms with E-state index in [0.717, 1.165) is 11.1 Å². The maximum atomic E-state index is 13.8. The molecule has 1 fully saturated rings. The average Bonchev–Trinajstić information content (AvgIpc) is 3.09. The van der Waals surface area contributed by atoms with E-state index in [1.165, 1.54) is 29.2 Å². The summed E-state index contributed by atoms with van der Waals surface area (Å²) in [7, 11) is 0. The molecule has 4 rings (SSSR count). The van der Waals surface area contributed by atoms with Crippen molar-refractivity contribution in [2.75, 3.05) is 11.5 Å². The maximum absolute atomic E-state index is 13.8. The number of nitrogens with zero attached hydrogens (tertiary/aromatic N) is 1. The quantitative estimate of drug-likeness (QED) is 0.255. The van der Waals surface area contributed by atoms with Gasteiger partial charge in [-0.25, -0.2) is 4.39 Å². The number of aliphatic hydroxyl groups is 1. The summed E-state index contributed by atoms with van der Waals surface area (Å²) in [6, 6.07) is 17.2. The van der Waals surface area contributed by atoms with Gasteiger partial charge in [0.1, 0.15) is 17.3 Å². The van der Waals surface area contributed by atoms with Crippen molar-refractivity contribution in [2.45, 2.75) is 46.1 Å². The zero-order valence-electron chi connectivity index (χ0n) is 21.1. The summed E-state index contributed by atoms with van der Waals surface area (Å²) in [4.78, 5) is 28.1. The van der Waals surface area contributed by atoms with E-state index in [0.29, 0.717) is 29.2 Å². The minimum absolute atomic E-state index is 0.0443. The molecule has 3 aromatic carbocycles. The first-order valence-electron chi connectivity index (χ1n) is 11.9. The molecular formula is C30H30FNO4. The van der Waals surface area contributed by atoms with Gasteiger partial charge >= 0.3 is 0 Å². The van der Waals surface area contributed by atoms with Gasteiger partial charge in [-0.2, -0.15) is 0 Å². The molecule has 1 atom stereocenters. The molecule has 1 amide bonds. The van der Waals surface area contributed by atoms with E-state index in [-0.39, 0.29) is 16.7 Å². The highest BCUT2D eigenvalue weighted by Gasteiger charge is 2.47. The number of aryl methyl sites for hydroxylation is 1. The standard InChI is InChI=1S/C30H30FNO4/c1-6-36-24-15-12-20(17-23(24)30(3,4)5)27(33)25-26(19-10-13-21(31)14-11-19)32(29(35)28(25)34)22-9-7-8-18(2)16-22/h7-17,26,33H,6H2,1-5H3/b27-25-. The number of benzene rings is 3. The van der Waals surface area contributed by atoms with Crippen molar-refractivity contribution in [1.82, 2.24) is 0 Å². The van der Waals surface area contributed by atoms with Crippen LogP contribution in [0.1, 0.15) is 56.0 Å². The number of amides is 1. The fourth-order valence-corrected chi connectivity index (χ4v) is 4.54. The first-order chi connectivity index (χ1) is 17.0. The van der Waals surface area contributed by atoms with Gasteiger partial charge < -0.3 is 9.84 Å². The van der Waals surface area contributed by atoms with Crippen LogP contribution in [0, 0.1) is 12.7 Å². The van der Waals surface area contributed by atoms with Crippen molar-refractivity contribution in [3.05, 3.63) is 100 Å². The predicted octanol–water partition coefficient (Wildman–Crippen LogP) is 6.46. The third kappa shape index (κ3) is 4.63. The van der Waals surface area contributed by atoms with Crippen LogP contribution in [-0.2, 0) is 15.0 Å². The van der Waals surface area contributed by atoms with Crippen LogP contribution in [0.2, 0.25) is 0 Å². The molecule has 1 saturated heterocycles. The molecule has 1 heterocycles. The van der Waals surface area contributed by atoms with Crippen molar-refractivity contribution >= 4 is 23.1 Å². The summed E-state index contributed by atoms with van der Waals surface area (Å²) >= 11 is 0. The Morgan fingerprint density at radius 1 is 1.03 bits per heavy atom. The molecule has 0 spiro atoms. The normalized spacial score (nSPS) is 17.5. The number of anilines is 1. The van der Waals surface area contributed by atoms with Crippen LogP contribution < -0.4 is 9.64 Å². The number of aliphatic hydroxyl groups excluding tert-OH is 1. The third-order valence-electron chi connectivity index (χ3n) is 6.27. The molecule has 0 radical (unpaired) electrons. The van der Waals surface area contributed by atoms with Gasteiger partial charge in [0.2, 0.25) is 0 Å². The van der Waals surface area contributed by atoms with E-state index in [9.17, 15) is 19.1 Å². The number of ether oxygens (including phenoxy) is 1. The van der Waals surface area contributed by atoms with E-state index >= 15 is 0 Å². The van der Waals surface area contributed by atoms with Crippen LogP contribution in [0.4, 0.5) is 10.1 Å². The van der Waals surface area contributed by atoms with Gasteiger partial charge in [0, 0.05) is 16.8 Å². The largest absolute Gasteiger partial charge is 0.507 e. The molecule has 0 aromatic heterocycles. The predicted molar refractivity (Wildman–Crippen MR) is 139 cm³/mol. The van der Waals surface area contributed by atoms with E-state index in [1.54, 1.807) is 36.4 Å². The number of halogens is 1. The SMILES string of the molecule is CCOc1ccc(/C(O)=C2/C(=O)C(=O)N(c3cccc(C)c3)C2c2ccc(F)cc2)cc1C(C)(C)C. The van der Waals surface area contributed by atoms with Gasteiger partial charge in [0.05, 0.1) is 18.2 Å². The lowest BCUT2D eigenvalue weighted by Gasteiger charge is -2.26. The highest BCUT2D eigenvalue weighted by molar-refractivity contribution is 6.51. The first kappa shape index (κ1) is 25.2. The fraction of sp³-hybridized carbons (Fsp3) is 0.267. The number of ketones is 1. The molecule has 3 aromatic rings. The second-order valence-electron chi connectivity index (χ2n) is 9.95. The van der Waals surface area contributed by atoms with E-state index < -0.39 is 23.5 Å². The first-order valence-corrected chi connectivity index (χ1v) is 11.9. The lowest BCUT2D eigenvalue weighted by molar-refractivity contribution is -0.132. The number of hydrogen-bond acceptors (Lipinski definition) is 4. The Kier molecular flexibility index (Phi) is 6.72. The summed E-state index contributed by atoms with van der Waals surface area (Å²) < 4.78 is 19.5. The lowest BCUT2D eigenvalue weighted by atomic mass is 9.84. The Morgan fingerprint density at radius 2 is 1.72 bits per heavy atom. The smallest absolute Gasteiger partial charge is 0.300 e. The molecule has 1 N–H and O–H groups in total. The van der Waals surface area contributed by atoms with E-state index in [2.05, 4.69) is 0 Å². The minimum atomic E-state index is -0.919. The molecule has 0 saturated carbocycles. The van der Waals surface area contributed by atoms with Crippen LogP contribution in [0.15, 0.2) is 72.3 Å². The van der Waals surface area contributed by atoms with Crippen molar-refractivity contribution in [3.8, 4) is 5.75 Å².